The first-order valence-electron chi connectivity index (χ1n) is 7.22. The smallest absolute Gasteiger partial charge is 0.118 e. The van der Waals surface area contributed by atoms with E-state index in [1.165, 1.54) is 44.2 Å². The Morgan fingerprint density at radius 1 is 1.17 bits per heavy atom. The Morgan fingerprint density at radius 3 is 2.44 bits per heavy atom. The van der Waals surface area contributed by atoms with Gasteiger partial charge in [0.2, 0.25) is 0 Å². The summed E-state index contributed by atoms with van der Waals surface area (Å²) in [7, 11) is 1.72. The summed E-state index contributed by atoms with van der Waals surface area (Å²) in [4.78, 5) is 0. The van der Waals surface area contributed by atoms with E-state index in [4.69, 9.17) is 4.74 Å². The van der Waals surface area contributed by atoms with Crippen LogP contribution in [0.3, 0.4) is 0 Å². The number of benzene rings is 1. The lowest BCUT2D eigenvalue weighted by atomic mass is 9.75. The van der Waals surface area contributed by atoms with Crippen molar-refractivity contribution in [2.75, 3.05) is 13.7 Å². The molecule has 0 heterocycles. The minimum Gasteiger partial charge on any atom is -0.497 e. The Kier molecular flexibility index (Phi) is 3.55. The highest BCUT2D eigenvalue weighted by Gasteiger charge is 2.30. The molecule has 3 rings (SSSR count). The van der Waals surface area contributed by atoms with Crippen molar-refractivity contribution in [1.29, 1.82) is 0 Å². The Labute approximate surface area is 110 Å². The molecule has 2 heteroatoms. The lowest BCUT2D eigenvalue weighted by molar-refractivity contribution is 0.237. The maximum atomic E-state index is 5.19. The molecule has 0 unspecified atom stereocenters. The second-order valence-corrected chi connectivity index (χ2v) is 5.84. The van der Waals surface area contributed by atoms with E-state index in [9.17, 15) is 0 Å². The standard InChI is InChI=1S/C16H23NO/c1-18-16-7-5-13(6-8-16)14-9-15(10-14)17-11-12-3-2-4-12/h5-8,12,14-15,17H,2-4,9-11H2,1H3. The van der Waals surface area contributed by atoms with Gasteiger partial charge in [-0.1, -0.05) is 18.6 Å². The van der Waals surface area contributed by atoms with Crippen LogP contribution >= 0.6 is 0 Å². The molecule has 0 aromatic heterocycles. The van der Waals surface area contributed by atoms with Crippen LogP contribution in [0.25, 0.3) is 0 Å². The number of hydrogen-bond acceptors (Lipinski definition) is 2. The second kappa shape index (κ2) is 5.31. The van der Waals surface area contributed by atoms with Gasteiger partial charge in [0.25, 0.3) is 0 Å². The Bertz CT molecular complexity index is 377. The molecule has 0 saturated heterocycles. The number of hydrogen-bond donors (Lipinski definition) is 1. The van der Waals surface area contributed by atoms with Crippen LogP contribution in [-0.2, 0) is 0 Å². The summed E-state index contributed by atoms with van der Waals surface area (Å²) in [6, 6.07) is 9.34. The summed E-state index contributed by atoms with van der Waals surface area (Å²) in [6.07, 6.45) is 6.95. The third kappa shape index (κ3) is 2.54. The number of rotatable bonds is 5. The SMILES string of the molecule is COc1ccc(C2CC(NCC3CCC3)C2)cc1. The van der Waals surface area contributed by atoms with Crippen molar-refractivity contribution >= 4 is 0 Å². The fourth-order valence-corrected chi connectivity index (χ4v) is 2.96. The molecule has 0 amide bonds. The normalized spacial score (nSPS) is 27.4. The van der Waals surface area contributed by atoms with Gasteiger partial charge >= 0.3 is 0 Å². The van der Waals surface area contributed by atoms with Gasteiger partial charge < -0.3 is 10.1 Å². The fourth-order valence-electron chi connectivity index (χ4n) is 2.96. The van der Waals surface area contributed by atoms with Crippen molar-refractivity contribution in [2.24, 2.45) is 5.92 Å². The van der Waals surface area contributed by atoms with Gasteiger partial charge in [-0.15, -0.1) is 0 Å². The van der Waals surface area contributed by atoms with Gasteiger partial charge in [0, 0.05) is 6.04 Å². The molecule has 2 aliphatic rings. The quantitative estimate of drug-likeness (QED) is 0.859. The minimum absolute atomic E-state index is 0.759. The molecule has 1 aromatic carbocycles. The van der Waals surface area contributed by atoms with Gasteiger partial charge in [-0.3, -0.25) is 0 Å². The van der Waals surface area contributed by atoms with Crippen molar-refractivity contribution in [1.82, 2.24) is 5.32 Å². The van der Waals surface area contributed by atoms with Crippen molar-refractivity contribution in [3.8, 4) is 5.75 Å². The van der Waals surface area contributed by atoms with E-state index < -0.39 is 0 Å². The Balaban J connectivity index is 1.42. The van der Waals surface area contributed by atoms with Gasteiger partial charge in [0.15, 0.2) is 0 Å². The molecular formula is C16H23NO. The summed E-state index contributed by atoms with van der Waals surface area (Å²) in [5.74, 6) is 2.69. The van der Waals surface area contributed by atoms with Crippen LogP contribution in [0.5, 0.6) is 5.75 Å². The van der Waals surface area contributed by atoms with E-state index >= 15 is 0 Å². The van der Waals surface area contributed by atoms with Crippen LogP contribution in [0.4, 0.5) is 0 Å². The van der Waals surface area contributed by atoms with Crippen LogP contribution in [0.15, 0.2) is 24.3 Å². The molecule has 0 bridgehead atoms. The largest absolute Gasteiger partial charge is 0.497 e. The zero-order valence-electron chi connectivity index (χ0n) is 11.2. The van der Waals surface area contributed by atoms with E-state index in [1.54, 1.807) is 7.11 Å². The first kappa shape index (κ1) is 12.0. The van der Waals surface area contributed by atoms with Gasteiger partial charge in [0.1, 0.15) is 5.75 Å². The lowest BCUT2D eigenvalue weighted by Gasteiger charge is -2.38. The predicted molar refractivity (Wildman–Crippen MR) is 74.1 cm³/mol. The van der Waals surface area contributed by atoms with E-state index in [1.807, 2.05) is 0 Å². The molecule has 98 valence electrons. The van der Waals surface area contributed by atoms with Gasteiger partial charge in [-0.2, -0.15) is 0 Å². The van der Waals surface area contributed by atoms with E-state index in [2.05, 4.69) is 29.6 Å². The van der Waals surface area contributed by atoms with Crippen LogP contribution in [0.1, 0.15) is 43.6 Å². The van der Waals surface area contributed by atoms with E-state index in [0.717, 1.165) is 23.6 Å². The highest BCUT2D eigenvalue weighted by atomic mass is 16.5. The van der Waals surface area contributed by atoms with Crippen molar-refractivity contribution < 1.29 is 4.74 Å². The topological polar surface area (TPSA) is 21.3 Å². The lowest BCUT2D eigenvalue weighted by Crippen LogP contribution is -2.43. The Hall–Kier alpha value is -1.02. The molecule has 0 aliphatic heterocycles. The molecular weight excluding hydrogens is 222 g/mol. The van der Waals surface area contributed by atoms with Crippen LogP contribution < -0.4 is 10.1 Å². The molecule has 0 atom stereocenters. The second-order valence-electron chi connectivity index (χ2n) is 5.84. The van der Waals surface area contributed by atoms with Crippen LogP contribution in [-0.4, -0.2) is 19.7 Å². The number of methoxy groups -OCH3 is 1. The molecule has 2 aliphatic carbocycles. The summed E-state index contributed by atoms with van der Waals surface area (Å²) in [5, 5.41) is 3.72. The first-order valence-corrected chi connectivity index (χ1v) is 7.22. The van der Waals surface area contributed by atoms with Crippen molar-refractivity contribution in [3.63, 3.8) is 0 Å². The van der Waals surface area contributed by atoms with Crippen LogP contribution in [0.2, 0.25) is 0 Å². The average molecular weight is 245 g/mol. The van der Waals surface area contributed by atoms with Crippen molar-refractivity contribution in [3.05, 3.63) is 29.8 Å². The molecule has 1 aromatic rings. The minimum atomic E-state index is 0.759. The third-order valence-corrected chi connectivity index (χ3v) is 4.65. The molecule has 18 heavy (non-hydrogen) atoms. The summed E-state index contributed by atoms with van der Waals surface area (Å²) < 4.78 is 5.19. The molecule has 1 N–H and O–H groups in total. The summed E-state index contributed by atoms with van der Waals surface area (Å²) >= 11 is 0. The maximum absolute atomic E-state index is 5.19. The summed E-state index contributed by atoms with van der Waals surface area (Å²) in [5.41, 5.74) is 1.47. The van der Waals surface area contributed by atoms with Gasteiger partial charge in [-0.05, 0) is 61.8 Å². The first-order chi connectivity index (χ1) is 8.85. The summed E-state index contributed by atoms with van der Waals surface area (Å²) in [6.45, 7) is 1.25. The number of ether oxygens (including phenoxy) is 1. The molecule has 2 saturated carbocycles. The van der Waals surface area contributed by atoms with E-state index in [-0.39, 0.29) is 0 Å². The van der Waals surface area contributed by atoms with Gasteiger partial charge in [0.05, 0.1) is 7.11 Å². The Morgan fingerprint density at radius 2 is 1.89 bits per heavy atom. The molecule has 0 spiro atoms. The fraction of sp³-hybridized carbons (Fsp3) is 0.625. The van der Waals surface area contributed by atoms with Crippen LogP contribution in [0, 0.1) is 5.92 Å². The maximum Gasteiger partial charge on any atom is 0.118 e. The highest BCUT2D eigenvalue weighted by molar-refractivity contribution is 5.30. The zero-order valence-corrected chi connectivity index (χ0v) is 11.2. The molecule has 2 fully saturated rings. The average Bonchev–Trinajstić information content (AvgIpc) is 2.30. The monoisotopic (exact) mass is 245 g/mol. The highest BCUT2D eigenvalue weighted by Crippen LogP contribution is 2.37. The third-order valence-electron chi connectivity index (χ3n) is 4.65. The van der Waals surface area contributed by atoms with Crippen molar-refractivity contribution in [2.45, 2.75) is 44.1 Å². The number of nitrogens with one attached hydrogen (secondary N) is 1. The zero-order chi connectivity index (χ0) is 12.4. The van der Waals surface area contributed by atoms with E-state index in [0.29, 0.717) is 0 Å². The predicted octanol–water partition coefficient (Wildman–Crippen LogP) is 3.33. The van der Waals surface area contributed by atoms with Gasteiger partial charge in [-0.25, -0.2) is 0 Å². The molecule has 0 radical (unpaired) electrons. The molecule has 2 nitrogen and oxygen atoms in total.